The molecular formula is C23H28N4O4. The summed E-state index contributed by atoms with van der Waals surface area (Å²) in [7, 11) is 0. The molecule has 0 N–H and O–H groups in total. The van der Waals surface area contributed by atoms with Gasteiger partial charge in [-0.15, -0.1) is 0 Å². The Kier molecular flexibility index (Phi) is 5.74. The Labute approximate surface area is 181 Å². The summed E-state index contributed by atoms with van der Waals surface area (Å²) in [5.41, 5.74) is 2.44. The monoisotopic (exact) mass is 424 g/mol. The van der Waals surface area contributed by atoms with Crippen molar-refractivity contribution in [2.24, 2.45) is 5.92 Å². The standard InChI is InChI=1S/C23H28N4O4/c28-22(26-10-12-30-13-11-26)18-6-8-25(9-7-18)23(29)21-19-15-31-20(14-27(19)16-24-21)17-4-2-1-3-5-17/h1-5,16,18,20H,6-15H2. The Morgan fingerprint density at radius 2 is 1.71 bits per heavy atom. The molecule has 0 aliphatic carbocycles. The Bertz CT molecular complexity index is 930. The molecule has 164 valence electrons. The minimum Gasteiger partial charge on any atom is -0.378 e. The van der Waals surface area contributed by atoms with Crippen molar-refractivity contribution in [1.82, 2.24) is 19.4 Å². The molecule has 1 aromatic heterocycles. The number of amides is 2. The van der Waals surface area contributed by atoms with E-state index in [2.05, 4.69) is 17.1 Å². The lowest BCUT2D eigenvalue weighted by Gasteiger charge is -2.35. The van der Waals surface area contributed by atoms with E-state index >= 15 is 0 Å². The fourth-order valence-electron chi connectivity index (χ4n) is 4.70. The number of likely N-dealkylation sites (tertiary alicyclic amines) is 1. The molecule has 2 amide bonds. The highest BCUT2D eigenvalue weighted by Gasteiger charge is 2.33. The van der Waals surface area contributed by atoms with Gasteiger partial charge in [0.05, 0.1) is 38.4 Å². The third-order valence-corrected chi connectivity index (χ3v) is 6.56. The van der Waals surface area contributed by atoms with E-state index in [9.17, 15) is 9.59 Å². The van der Waals surface area contributed by atoms with Gasteiger partial charge in [-0.2, -0.15) is 0 Å². The zero-order valence-corrected chi connectivity index (χ0v) is 17.6. The Morgan fingerprint density at radius 3 is 2.45 bits per heavy atom. The van der Waals surface area contributed by atoms with Gasteiger partial charge in [-0.3, -0.25) is 9.59 Å². The normalized spacial score (nSPS) is 22.3. The van der Waals surface area contributed by atoms with Gasteiger partial charge in [0, 0.05) is 32.1 Å². The molecule has 4 heterocycles. The van der Waals surface area contributed by atoms with E-state index in [4.69, 9.17) is 9.47 Å². The van der Waals surface area contributed by atoms with Crippen LogP contribution in [-0.2, 0) is 27.4 Å². The van der Waals surface area contributed by atoms with Crippen LogP contribution >= 0.6 is 0 Å². The highest BCUT2D eigenvalue weighted by Crippen LogP contribution is 2.29. The van der Waals surface area contributed by atoms with Gasteiger partial charge in [0.1, 0.15) is 6.10 Å². The van der Waals surface area contributed by atoms with Gasteiger partial charge < -0.3 is 23.8 Å². The van der Waals surface area contributed by atoms with Gasteiger partial charge in [-0.05, 0) is 18.4 Å². The van der Waals surface area contributed by atoms with Crippen molar-refractivity contribution in [3.8, 4) is 0 Å². The molecular weight excluding hydrogens is 396 g/mol. The highest BCUT2D eigenvalue weighted by molar-refractivity contribution is 5.93. The Morgan fingerprint density at radius 1 is 0.968 bits per heavy atom. The van der Waals surface area contributed by atoms with Crippen molar-refractivity contribution >= 4 is 11.8 Å². The lowest BCUT2D eigenvalue weighted by molar-refractivity contribution is -0.141. The number of aromatic nitrogens is 2. The van der Waals surface area contributed by atoms with Crippen molar-refractivity contribution in [3.63, 3.8) is 0 Å². The molecule has 0 radical (unpaired) electrons. The van der Waals surface area contributed by atoms with Gasteiger partial charge in [-0.25, -0.2) is 4.98 Å². The van der Waals surface area contributed by atoms with E-state index in [-0.39, 0.29) is 23.8 Å². The summed E-state index contributed by atoms with van der Waals surface area (Å²) in [5.74, 6) is 0.135. The zero-order valence-electron chi connectivity index (χ0n) is 17.6. The Hall–Kier alpha value is -2.71. The number of benzene rings is 1. The number of imidazole rings is 1. The number of fused-ring (bicyclic) bond motifs is 1. The number of hydrogen-bond donors (Lipinski definition) is 0. The SMILES string of the molecule is O=C(c1ncn2c1COC(c1ccccc1)C2)N1CCC(C(=O)N2CCOCC2)CC1. The van der Waals surface area contributed by atoms with E-state index in [1.807, 2.05) is 32.6 Å². The van der Waals surface area contributed by atoms with Crippen LogP contribution in [0, 0.1) is 5.92 Å². The van der Waals surface area contributed by atoms with E-state index in [0.717, 1.165) is 11.3 Å². The summed E-state index contributed by atoms with van der Waals surface area (Å²) in [6.45, 7) is 4.75. The molecule has 2 aromatic rings. The molecule has 0 saturated carbocycles. The highest BCUT2D eigenvalue weighted by atomic mass is 16.5. The molecule has 1 unspecified atom stereocenters. The van der Waals surface area contributed by atoms with E-state index in [0.29, 0.717) is 71.1 Å². The molecule has 8 nitrogen and oxygen atoms in total. The van der Waals surface area contributed by atoms with Crippen molar-refractivity contribution < 1.29 is 19.1 Å². The lowest BCUT2D eigenvalue weighted by Crippen LogP contribution is -2.47. The summed E-state index contributed by atoms with van der Waals surface area (Å²) in [5, 5.41) is 0. The van der Waals surface area contributed by atoms with Crippen LogP contribution in [0.15, 0.2) is 36.7 Å². The molecule has 2 saturated heterocycles. The average Bonchev–Trinajstić information content (AvgIpc) is 3.27. The van der Waals surface area contributed by atoms with Gasteiger partial charge >= 0.3 is 0 Å². The average molecular weight is 425 g/mol. The molecule has 3 aliphatic heterocycles. The van der Waals surface area contributed by atoms with Crippen LogP contribution in [-0.4, -0.2) is 70.6 Å². The van der Waals surface area contributed by atoms with Gasteiger partial charge in [0.2, 0.25) is 5.91 Å². The largest absolute Gasteiger partial charge is 0.378 e. The van der Waals surface area contributed by atoms with E-state index in [1.54, 1.807) is 6.33 Å². The predicted molar refractivity (Wildman–Crippen MR) is 112 cm³/mol. The van der Waals surface area contributed by atoms with Gasteiger partial charge in [0.25, 0.3) is 5.91 Å². The number of rotatable bonds is 3. The second kappa shape index (κ2) is 8.80. The fourth-order valence-corrected chi connectivity index (χ4v) is 4.70. The molecule has 5 rings (SSSR count). The molecule has 2 fully saturated rings. The second-order valence-electron chi connectivity index (χ2n) is 8.41. The number of nitrogens with zero attached hydrogens (tertiary/aromatic N) is 4. The summed E-state index contributed by atoms with van der Waals surface area (Å²) >= 11 is 0. The first-order valence-electron chi connectivity index (χ1n) is 11.1. The lowest BCUT2D eigenvalue weighted by atomic mass is 9.94. The number of carbonyl (C=O) groups is 2. The Balaban J connectivity index is 1.20. The van der Waals surface area contributed by atoms with E-state index < -0.39 is 0 Å². The van der Waals surface area contributed by atoms with Crippen molar-refractivity contribution in [2.45, 2.75) is 32.1 Å². The third kappa shape index (κ3) is 4.09. The molecule has 3 aliphatic rings. The number of ether oxygens (including phenoxy) is 2. The first-order chi connectivity index (χ1) is 15.2. The minimum atomic E-state index is -0.0622. The molecule has 0 spiro atoms. The molecule has 0 bridgehead atoms. The third-order valence-electron chi connectivity index (χ3n) is 6.56. The molecule has 1 aromatic carbocycles. The van der Waals surface area contributed by atoms with Crippen molar-refractivity contribution in [2.75, 3.05) is 39.4 Å². The van der Waals surface area contributed by atoms with Crippen LogP contribution in [0.25, 0.3) is 0 Å². The van der Waals surface area contributed by atoms with Crippen molar-refractivity contribution in [3.05, 3.63) is 53.6 Å². The quantitative estimate of drug-likeness (QED) is 0.752. The zero-order chi connectivity index (χ0) is 21.2. The molecule has 8 heteroatoms. The van der Waals surface area contributed by atoms with Crippen LogP contribution < -0.4 is 0 Å². The second-order valence-corrected chi connectivity index (χ2v) is 8.41. The maximum atomic E-state index is 13.1. The summed E-state index contributed by atoms with van der Waals surface area (Å²) < 4.78 is 13.4. The van der Waals surface area contributed by atoms with Crippen LogP contribution in [0.3, 0.4) is 0 Å². The summed E-state index contributed by atoms with van der Waals surface area (Å²) in [6.07, 6.45) is 3.11. The maximum absolute atomic E-state index is 13.1. The fraction of sp³-hybridized carbons (Fsp3) is 0.522. The van der Waals surface area contributed by atoms with Crippen molar-refractivity contribution in [1.29, 1.82) is 0 Å². The number of piperidine rings is 1. The molecule has 31 heavy (non-hydrogen) atoms. The minimum absolute atomic E-state index is 0.00646. The summed E-state index contributed by atoms with van der Waals surface area (Å²) in [4.78, 5) is 34.0. The van der Waals surface area contributed by atoms with Crippen LogP contribution in [0.1, 0.15) is 40.7 Å². The van der Waals surface area contributed by atoms with E-state index in [1.165, 1.54) is 0 Å². The van der Waals surface area contributed by atoms with Gasteiger partial charge in [0.15, 0.2) is 5.69 Å². The van der Waals surface area contributed by atoms with Crippen LogP contribution in [0.4, 0.5) is 0 Å². The first kappa shape index (κ1) is 20.2. The van der Waals surface area contributed by atoms with Gasteiger partial charge in [-0.1, -0.05) is 30.3 Å². The maximum Gasteiger partial charge on any atom is 0.274 e. The first-order valence-corrected chi connectivity index (χ1v) is 11.1. The predicted octanol–water partition coefficient (Wildman–Crippen LogP) is 1.87. The number of hydrogen-bond acceptors (Lipinski definition) is 5. The topological polar surface area (TPSA) is 76.9 Å². The number of morpholine rings is 1. The van der Waals surface area contributed by atoms with Crippen LogP contribution in [0.5, 0.6) is 0 Å². The molecule has 1 atom stereocenters. The number of carbonyl (C=O) groups excluding carboxylic acids is 2. The smallest absolute Gasteiger partial charge is 0.274 e. The summed E-state index contributed by atoms with van der Waals surface area (Å²) in [6, 6.07) is 10.1. The van der Waals surface area contributed by atoms with Crippen LogP contribution in [0.2, 0.25) is 0 Å².